The van der Waals surface area contributed by atoms with Crippen molar-refractivity contribution in [3.8, 4) is 22.9 Å². The lowest BCUT2D eigenvalue weighted by Crippen LogP contribution is -2.30. The molecule has 3 aromatic rings. The summed E-state index contributed by atoms with van der Waals surface area (Å²) in [7, 11) is 1.82. The van der Waals surface area contributed by atoms with Crippen LogP contribution in [-0.4, -0.2) is 48.2 Å². The zero-order valence-electron chi connectivity index (χ0n) is 18.0. The highest BCUT2D eigenvalue weighted by molar-refractivity contribution is 5.88. The molecule has 6 rings (SSSR count). The van der Waals surface area contributed by atoms with Crippen molar-refractivity contribution in [1.29, 1.82) is 0 Å². The van der Waals surface area contributed by atoms with Gasteiger partial charge in [-0.25, -0.2) is 4.39 Å². The van der Waals surface area contributed by atoms with Crippen LogP contribution in [0.1, 0.15) is 24.1 Å². The van der Waals surface area contributed by atoms with Crippen LogP contribution in [0.4, 0.5) is 15.9 Å². The van der Waals surface area contributed by atoms with Gasteiger partial charge in [-0.05, 0) is 54.8 Å². The Kier molecular flexibility index (Phi) is 4.50. The smallest absolute Gasteiger partial charge is 0.324 e. The summed E-state index contributed by atoms with van der Waals surface area (Å²) >= 11 is 0. The number of anilines is 2. The number of nitrogens with zero attached hydrogens (tertiary/aromatic N) is 4. The van der Waals surface area contributed by atoms with Gasteiger partial charge in [-0.3, -0.25) is 4.98 Å². The molecule has 0 radical (unpaired) electrons. The minimum atomic E-state index is -0.263. The molecule has 1 aliphatic carbocycles. The first-order valence-corrected chi connectivity index (χ1v) is 11.1. The second kappa shape index (κ2) is 7.41. The van der Waals surface area contributed by atoms with Crippen LogP contribution in [0, 0.1) is 11.2 Å². The molecule has 0 saturated carbocycles. The lowest BCUT2D eigenvalue weighted by molar-refractivity contribution is 0.369. The van der Waals surface area contributed by atoms with Gasteiger partial charge in [0.2, 0.25) is 0 Å². The summed E-state index contributed by atoms with van der Waals surface area (Å²) < 4.78 is 20.5. The van der Waals surface area contributed by atoms with Crippen molar-refractivity contribution < 1.29 is 9.13 Å². The highest BCUT2D eigenvalue weighted by Crippen LogP contribution is 2.47. The number of nitrogens with one attached hydrogen (secondary N) is 2. The molecule has 2 aliphatic heterocycles. The zero-order chi connectivity index (χ0) is 21.7. The van der Waals surface area contributed by atoms with Crippen LogP contribution < -0.4 is 20.3 Å². The zero-order valence-corrected chi connectivity index (χ0v) is 18.0. The number of fused-ring (bicyclic) bond motifs is 3. The highest BCUT2D eigenvalue weighted by Gasteiger charge is 2.42. The summed E-state index contributed by atoms with van der Waals surface area (Å²) in [6, 6.07) is 7.11. The third kappa shape index (κ3) is 3.17. The molecular formula is C24H25FN6O. The summed E-state index contributed by atoms with van der Waals surface area (Å²) in [5, 5.41) is 6.65. The summed E-state index contributed by atoms with van der Waals surface area (Å²) in [5.74, 6) is 1.17. The van der Waals surface area contributed by atoms with Crippen LogP contribution in [0.15, 0.2) is 36.7 Å². The predicted molar refractivity (Wildman–Crippen MR) is 121 cm³/mol. The minimum Gasteiger partial charge on any atom is -0.423 e. The van der Waals surface area contributed by atoms with Crippen LogP contribution in [0.5, 0.6) is 11.8 Å². The summed E-state index contributed by atoms with van der Waals surface area (Å²) in [4.78, 5) is 16.1. The molecule has 2 fully saturated rings. The molecule has 0 bridgehead atoms. The van der Waals surface area contributed by atoms with Gasteiger partial charge in [0.1, 0.15) is 17.4 Å². The molecule has 2 aromatic heterocycles. The largest absolute Gasteiger partial charge is 0.423 e. The number of hydrogen-bond acceptors (Lipinski definition) is 7. The fourth-order valence-electron chi connectivity index (χ4n) is 5.36. The van der Waals surface area contributed by atoms with E-state index in [-0.39, 0.29) is 11.2 Å². The van der Waals surface area contributed by atoms with Crippen LogP contribution in [-0.2, 0) is 6.42 Å². The second-order valence-electron chi connectivity index (χ2n) is 8.95. The van der Waals surface area contributed by atoms with Gasteiger partial charge in [0.05, 0.1) is 11.9 Å². The van der Waals surface area contributed by atoms with Crippen molar-refractivity contribution in [2.24, 2.45) is 5.41 Å². The molecule has 32 heavy (non-hydrogen) atoms. The average Bonchev–Trinajstić information content (AvgIpc) is 3.53. The van der Waals surface area contributed by atoms with E-state index in [4.69, 9.17) is 14.7 Å². The van der Waals surface area contributed by atoms with E-state index in [1.807, 2.05) is 19.2 Å². The fourth-order valence-corrected chi connectivity index (χ4v) is 5.36. The van der Waals surface area contributed by atoms with Crippen molar-refractivity contribution in [2.45, 2.75) is 19.3 Å². The fraction of sp³-hybridized carbons (Fsp3) is 0.375. The molecule has 0 amide bonds. The van der Waals surface area contributed by atoms with Gasteiger partial charge in [0.15, 0.2) is 0 Å². The van der Waals surface area contributed by atoms with E-state index in [1.54, 1.807) is 24.5 Å². The highest BCUT2D eigenvalue weighted by atomic mass is 19.1. The molecule has 4 heterocycles. The lowest BCUT2D eigenvalue weighted by Gasteiger charge is -2.25. The first kappa shape index (κ1) is 19.4. The molecule has 3 aliphatic rings. The third-order valence-electron chi connectivity index (χ3n) is 6.96. The molecule has 1 atom stereocenters. The van der Waals surface area contributed by atoms with Gasteiger partial charge in [-0.1, -0.05) is 0 Å². The Morgan fingerprint density at radius 1 is 1.25 bits per heavy atom. The predicted octanol–water partition coefficient (Wildman–Crippen LogP) is 3.61. The van der Waals surface area contributed by atoms with E-state index >= 15 is 0 Å². The molecule has 1 aromatic carbocycles. The number of benzene rings is 1. The lowest BCUT2D eigenvalue weighted by atomic mass is 9.86. The number of aromatic nitrogens is 3. The minimum absolute atomic E-state index is 0.263. The first-order chi connectivity index (χ1) is 15.6. The van der Waals surface area contributed by atoms with Crippen LogP contribution >= 0.6 is 0 Å². The maximum absolute atomic E-state index is 14.5. The third-order valence-corrected chi connectivity index (χ3v) is 6.96. The second-order valence-corrected chi connectivity index (χ2v) is 8.95. The summed E-state index contributed by atoms with van der Waals surface area (Å²) in [6.45, 7) is 3.94. The number of halogens is 1. The Hall–Kier alpha value is -3.26. The normalized spacial score (nSPS) is 21.1. The SMILES string of the molecule is CNc1cc(F)cc2c1Cc1nc(Oc3cccnc3)nc(N3CCC4(CCNC4)C3)c1-2. The van der Waals surface area contributed by atoms with Crippen molar-refractivity contribution >= 4 is 11.5 Å². The molecule has 7 nitrogen and oxygen atoms in total. The van der Waals surface area contributed by atoms with Gasteiger partial charge in [0, 0.05) is 56.0 Å². The van der Waals surface area contributed by atoms with Gasteiger partial charge < -0.3 is 20.3 Å². The topological polar surface area (TPSA) is 75.2 Å². The molecule has 164 valence electrons. The Bertz CT molecular complexity index is 1180. The number of hydrogen-bond donors (Lipinski definition) is 2. The Labute approximate surface area is 186 Å². The van der Waals surface area contributed by atoms with Crippen LogP contribution in [0.2, 0.25) is 0 Å². The first-order valence-electron chi connectivity index (χ1n) is 11.1. The van der Waals surface area contributed by atoms with Gasteiger partial charge >= 0.3 is 6.01 Å². The van der Waals surface area contributed by atoms with E-state index in [1.165, 1.54) is 6.42 Å². The van der Waals surface area contributed by atoms with Crippen molar-refractivity contribution in [3.63, 3.8) is 0 Å². The van der Waals surface area contributed by atoms with Crippen molar-refractivity contribution in [2.75, 3.05) is 43.4 Å². The van der Waals surface area contributed by atoms with Gasteiger partial charge in [-0.2, -0.15) is 9.97 Å². The maximum atomic E-state index is 14.5. The molecule has 2 N–H and O–H groups in total. The Balaban J connectivity index is 1.47. The molecule has 1 spiro atoms. The van der Waals surface area contributed by atoms with E-state index in [0.717, 1.165) is 66.5 Å². The summed E-state index contributed by atoms with van der Waals surface area (Å²) in [5.41, 5.74) is 4.79. The van der Waals surface area contributed by atoms with E-state index in [9.17, 15) is 4.39 Å². The number of rotatable bonds is 4. The molecule has 1 unspecified atom stereocenters. The van der Waals surface area contributed by atoms with Crippen molar-refractivity contribution in [3.05, 3.63) is 53.7 Å². The number of ether oxygens (including phenoxy) is 1. The molecular weight excluding hydrogens is 407 g/mol. The van der Waals surface area contributed by atoms with Gasteiger partial charge in [-0.15, -0.1) is 0 Å². The molecule has 8 heteroatoms. The summed E-state index contributed by atoms with van der Waals surface area (Å²) in [6.07, 6.45) is 6.25. The Morgan fingerprint density at radius 3 is 2.97 bits per heavy atom. The monoisotopic (exact) mass is 432 g/mol. The average molecular weight is 433 g/mol. The standard InChI is InChI=1S/C24H25FN6O/c1-26-19-10-15(25)9-18-17(19)11-20-21(18)22(31-8-5-24(14-31)4-7-28-13-24)30-23(29-20)32-16-3-2-6-27-12-16/h2-3,6,9-10,12,26,28H,4-5,7-8,11,13-14H2,1H3. The van der Waals surface area contributed by atoms with Crippen molar-refractivity contribution in [1.82, 2.24) is 20.3 Å². The quantitative estimate of drug-likeness (QED) is 0.510. The van der Waals surface area contributed by atoms with E-state index < -0.39 is 0 Å². The Morgan fingerprint density at radius 2 is 2.19 bits per heavy atom. The van der Waals surface area contributed by atoms with Crippen LogP contribution in [0.3, 0.4) is 0 Å². The van der Waals surface area contributed by atoms with E-state index in [2.05, 4.69) is 20.5 Å². The molecule has 2 saturated heterocycles. The van der Waals surface area contributed by atoms with Crippen LogP contribution in [0.25, 0.3) is 11.1 Å². The number of pyridine rings is 1. The van der Waals surface area contributed by atoms with E-state index in [0.29, 0.717) is 18.2 Å². The maximum Gasteiger partial charge on any atom is 0.324 e. The van der Waals surface area contributed by atoms with Gasteiger partial charge in [0.25, 0.3) is 0 Å².